The molecule has 1 N–H and O–H groups in total. The van der Waals surface area contributed by atoms with Crippen LogP contribution in [0, 0.1) is 11.7 Å². The van der Waals surface area contributed by atoms with E-state index in [0.717, 1.165) is 28.4 Å². The SMILES string of the molecule is CC1Cc2cc(S(=O)(=O)N(C)CC(=O)Nc3ccccc3F)ccc2N1C(=O)C1CC1. The number of carbonyl (C=O) groups excluding carboxylic acids is 2. The summed E-state index contributed by atoms with van der Waals surface area (Å²) in [6, 6.07) is 10.4. The summed E-state index contributed by atoms with van der Waals surface area (Å²) in [6.45, 7) is 1.49. The third-order valence-electron chi connectivity index (χ3n) is 5.65. The summed E-state index contributed by atoms with van der Waals surface area (Å²) < 4.78 is 40.6. The number of anilines is 2. The van der Waals surface area contributed by atoms with Gasteiger partial charge in [-0.2, -0.15) is 4.31 Å². The van der Waals surface area contributed by atoms with Gasteiger partial charge in [0.1, 0.15) is 5.82 Å². The van der Waals surface area contributed by atoms with Crippen molar-refractivity contribution in [2.24, 2.45) is 5.92 Å². The Labute approximate surface area is 180 Å². The maximum Gasteiger partial charge on any atom is 0.243 e. The number of rotatable bonds is 6. The first-order valence-electron chi connectivity index (χ1n) is 10.1. The van der Waals surface area contributed by atoms with E-state index in [1.54, 1.807) is 23.1 Å². The van der Waals surface area contributed by atoms with Gasteiger partial charge in [0.15, 0.2) is 0 Å². The minimum atomic E-state index is -3.94. The fraction of sp³-hybridized carbons (Fsp3) is 0.364. The molecule has 2 aromatic rings. The highest BCUT2D eigenvalue weighted by Gasteiger charge is 2.40. The van der Waals surface area contributed by atoms with Crippen LogP contribution in [0.2, 0.25) is 0 Å². The zero-order chi connectivity index (χ0) is 22.3. The topological polar surface area (TPSA) is 86.8 Å². The van der Waals surface area contributed by atoms with Gasteiger partial charge in [-0.3, -0.25) is 9.59 Å². The number of amides is 2. The van der Waals surface area contributed by atoms with Gasteiger partial charge in [0.25, 0.3) is 0 Å². The second kappa shape index (κ2) is 8.05. The molecule has 0 aromatic heterocycles. The van der Waals surface area contributed by atoms with Crippen molar-refractivity contribution in [3.8, 4) is 0 Å². The summed E-state index contributed by atoms with van der Waals surface area (Å²) in [6.07, 6.45) is 2.39. The van der Waals surface area contributed by atoms with Gasteiger partial charge in [-0.05, 0) is 62.1 Å². The van der Waals surface area contributed by atoms with Gasteiger partial charge < -0.3 is 10.2 Å². The first-order chi connectivity index (χ1) is 14.7. The molecular weight excluding hydrogens is 421 g/mol. The van der Waals surface area contributed by atoms with Crippen LogP contribution in [0.25, 0.3) is 0 Å². The molecule has 0 spiro atoms. The molecule has 1 saturated carbocycles. The van der Waals surface area contributed by atoms with Crippen LogP contribution in [0.1, 0.15) is 25.3 Å². The predicted molar refractivity (Wildman–Crippen MR) is 115 cm³/mol. The molecule has 164 valence electrons. The molecule has 1 heterocycles. The highest BCUT2D eigenvalue weighted by Crippen LogP contribution is 2.39. The molecule has 31 heavy (non-hydrogen) atoms. The van der Waals surface area contributed by atoms with Gasteiger partial charge in [0.2, 0.25) is 21.8 Å². The number of benzene rings is 2. The molecule has 2 amide bonds. The van der Waals surface area contributed by atoms with Crippen LogP contribution in [-0.2, 0) is 26.0 Å². The first kappa shape index (κ1) is 21.5. The van der Waals surface area contributed by atoms with E-state index >= 15 is 0 Å². The fourth-order valence-corrected chi connectivity index (χ4v) is 5.03. The summed E-state index contributed by atoms with van der Waals surface area (Å²) in [5.74, 6) is -1.06. The molecule has 2 aromatic carbocycles. The number of nitrogens with one attached hydrogen (secondary N) is 1. The lowest BCUT2D eigenvalue weighted by atomic mass is 10.1. The van der Waals surface area contributed by atoms with Crippen LogP contribution < -0.4 is 10.2 Å². The summed E-state index contributed by atoms with van der Waals surface area (Å²) >= 11 is 0. The molecule has 7 nitrogen and oxygen atoms in total. The van der Waals surface area contributed by atoms with Crippen molar-refractivity contribution in [1.29, 1.82) is 0 Å². The number of carbonyl (C=O) groups is 2. The van der Waals surface area contributed by atoms with Crippen LogP contribution in [-0.4, -0.2) is 44.2 Å². The number of hydrogen-bond acceptors (Lipinski definition) is 4. The van der Waals surface area contributed by atoms with Gasteiger partial charge >= 0.3 is 0 Å². The summed E-state index contributed by atoms with van der Waals surface area (Å²) in [4.78, 5) is 26.7. The van der Waals surface area contributed by atoms with E-state index in [4.69, 9.17) is 0 Å². The molecule has 9 heteroatoms. The van der Waals surface area contributed by atoms with Crippen molar-refractivity contribution >= 4 is 33.2 Å². The molecule has 1 aliphatic carbocycles. The number of likely N-dealkylation sites (N-methyl/N-ethyl adjacent to an activating group) is 1. The third-order valence-corrected chi connectivity index (χ3v) is 7.45. The summed E-state index contributed by atoms with van der Waals surface area (Å²) in [5, 5.41) is 2.38. The van der Waals surface area contributed by atoms with Crippen molar-refractivity contribution in [3.63, 3.8) is 0 Å². The summed E-state index contributed by atoms with van der Waals surface area (Å²) in [7, 11) is -2.64. The van der Waals surface area contributed by atoms with Gasteiger partial charge in [-0.15, -0.1) is 0 Å². The maximum atomic E-state index is 13.7. The van der Waals surface area contributed by atoms with Crippen molar-refractivity contribution in [2.45, 2.75) is 37.1 Å². The molecular formula is C22H24FN3O4S. The van der Waals surface area contributed by atoms with Gasteiger partial charge in [0, 0.05) is 24.7 Å². The monoisotopic (exact) mass is 445 g/mol. The van der Waals surface area contributed by atoms with E-state index in [9.17, 15) is 22.4 Å². The van der Waals surface area contributed by atoms with Crippen molar-refractivity contribution < 1.29 is 22.4 Å². The predicted octanol–water partition coefficient (Wildman–Crippen LogP) is 2.77. The van der Waals surface area contributed by atoms with Crippen LogP contribution >= 0.6 is 0 Å². The zero-order valence-corrected chi connectivity index (χ0v) is 18.2. The van der Waals surface area contributed by atoms with E-state index in [0.29, 0.717) is 6.42 Å². The Balaban J connectivity index is 1.50. The normalized spacial score (nSPS) is 18.2. The molecule has 1 unspecified atom stereocenters. The standard InChI is InChI=1S/C22H24FN3O4S/c1-14-11-16-12-17(9-10-20(16)26(14)22(28)15-7-8-15)31(29,30)25(2)13-21(27)24-19-6-4-3-5-18(19)23/h3-6,9-10,12,14-15H,7-8,11,13H2,1-2H3,(H,24,27). The first-order valence-corrected chi connectivity index (χ1v) is 11.6. The molecule has 0 saturated heterocycles. The third kappa shape index (κ3) is 4.20. The fourth-order valence-electron chi connectivity index (χ4n) is 3.85. The van der Waals surface area contributed by atoms with Crippen LogP contribution in [0.5, 0.6) is 0 Å². The lowest BCUT2D eigenvalue weighted by Gasteiger charge is -2.23. The molecule has 1 atom stereocenters. The van der Waals surface area contributed by atoms with E-state index in [-0.39, 0.29) is 28.4 Å². The lowest BCUT2D eigenvalue weighted by molar-refractivity contribution is -0.120. The maximum absolute atomic E-state index is 13.7. The minimum Gasteiger partial charge on any atom is -0.322 e. The van der Waals surface area contributed by atoms with Crippen LogP contribution in [0.3, 0.4) is 0 Å². The van der Waals surface area contributed by atoms with E-state index < -0.39 is 28.3 Å². The molecule has 0 bridgehead atoms. The quantitative estimate of drug-likeness (QED) is 0.741. The van der Waals surface area contributed by atoms with Gasteiger partial charge in [-0.1, -0.05) is 12.1 Å². The summed E-state index contributed by atoms with van der Waals surface area (Å²) in [5.41, 5.74) is 1.54. The molecule has 0 radical (unpaired) electrons. The van der Waals surface area contributed by atoms with E-state index in [2.05, 4.69) is 5.32 Å². The molecule has 2 aliphatic rings. The largest absolute Gasteiger partial charge is 0.322 e. The lowest BCUT2D eigenvalue weighted by Crippen LogP contribution is -2.36. The average Bonchev–Trinajstić information content (AvgIpc) is 3.51. The molecule has 4 rings (SSSR count). The number of hydrogen-bond donors (Lipinski definition) is 1. The van der Waals surface area contributed by atoms with Crippen molar-refractivity contribution in [3.05, 3.63) is 53.8 Å². The number of para-hydroxylation sites is 1. The highest BCUT2D eigenvalue weighted by molar-refractivity contribution is 7.89. The van der Waals surface area contributed by atoms with Crippen LogP contribution in [0.4, 0.5) is 15.8 Å². The number of halogens is 1. The Morgan fingerprint density at radius 2 is 1.90 bits per heavy atom. The van der Waals surface area contributed by atoms with E-state index in [1.165, 1.54) is 31.3 Å². The van der Waals surface area contributed by atoms with Crippen molar-refractivity contribution in [2.75, 3.05) is 23.8 Å². The zero-order valence-electron chi connectivity index (χ0n) is 17.3. The number of sulfonamides is 1. The Morgan fingerprint density at radius 1 is 1.19 bits per heavy atom. The Morgan fingerprint density at radius 3 is 2.58 bits per heavy atom. The Bertz CT molecular complexity index is 1150. The second-order valence-electron chi connectivity index (χ2n) is 8.12. The van der Waals surface area contributed by atoms with Crippen LogP contribution in [0.15, 0.2) is 47.4 Å². The van der Waals surface area contributed by atoms with Gasteiger partial charge in [0.05, 0.1) is 17.1 Å². The minimum absolute atomic E-state index is 0.00904. The number of fused-ring (bicyclic) bond motifs is 1. The van der Waals surface area contributed by atoms with E-state index in [1.807, 2.05) is 6.92 Å². The number of nitrogens with zero attached hydrogens (tertiary/aromatic N) is 2. The smallest absolute Gasteiger partial charge is 0.243 e. The Kier molecular flexibility index (Phi) is 5.57. The highest BCUT2D eigenvalue weighted by atomic mass is 32.2. The van der Waals surface area contributed by atoms with Crippen molar-refractivity contribution in [1.82, 2.24) is 4.31 Å². The molecule has 1 aliphatic heterocycles. The van der Waals surface area contributed by atoms with Gasteiger partial charge in [-0.25, -0.2) is 12.8 Å². The molecule has 1 fully saturated rings. The Hall–Kier alpha value is -2.78. The average molecular weight is 446 g/mol. The second-order valence-corrected chi connectivity index (χ2v) is 10.2.